The van der Waals surface area contributed by atoms with Gasteiger partial charge in [0.25, 0.3) is 0 Å². The van der Waals surface area contributed by atoms with Crippen LogP contribution in [0, 0.1) is 0 Å². The maximum absolute atomic E-state index is 12.2. The van der Waals surface area contributed by atoms with Crippen LogP contribution in [0.5, 0.6) is 0 Å². The van der Waals surface area contributed by atoms with Crippen molar-refractivity contribution in [2.45, 2.75) is 0 Å². The van der Waals surface area contributed by atoms with E-state index >= 15 is 0 Å². The molecule has 1 aliphatic heterocycles. The van der Waals surface area contributed by atoms with Gasteiger partial charge in [-0.15, -0.1) is 5.10 Å². The monoisotopic (exact) mass is 333 g/mol. The van der Waals surface area contributed by atoms with Gasteiger partial charge in [-0.05, 0) is 12.1 Å². The number of nitrogens with zero attached hydrogens (tertiary/aromatic N) is 4. The van der Waals surface area contributed by atoms with Gasteiger partial charge in [0.15, 0.2) is 5.00 Å². The molecule has 0 aliphatic carbocycles. The number of benzene rings is 1. The molecule has 1 saturated heterocycles. The van der Waals surface area contributed by atoms with Gasteiger partial charge in [0.1, 0.15) is 0 Å². The van der Waals surface area contributed by atoms with Crippen LogP contribution in [0.4, 0.5) is 15.5 Å². The van der Waals surface area contributed by atoms with Crippen molar-refractivity contribution in [2.75, 3.05) is 36.4 Å². The van der Waals surface area contributed by atoms with Crippen molar-refractivity contribution in [3.63, 3.8) is 0 Å². The molecule has 0 atom stereocenters. The molecule has 1 fully saturated rings. The molecule has 0 spiro atoms. The number of carboxylic acid groups (broad SMARTS) is 1. The molecule has 120 valence electrons. The minimum Gasteiger partial charge on any atom is -0.476 e. The second kappa shape index (κ2) is 6.61. The lowest BCUT2D eigenvalue weighted by Crippen LogP contribution is -2.50. The van der Waals surface area contributed by atoms with E-state index in [2.05, 4.69) is 19.8 Å². The number of carboxylic acids is 1. The molecular formula is C14H15N5O3S. The van der Waals surface area contributed by atoms with E-state index in [0.717, 1.165) is 30.3 Å². The Labute approximate surface area is 136 Å². The van der Waals surface area contributed by atoms with Crippen molar-refractivity contribution < 1.29 is 14.7 Å². The average molecular weight is 333 g/mol. The molecule has 1 aromatic heterocycles. The third kappa shape index (κ3) is 3.39. The van der Waals surface area contributed by atoms with Gasteiger partial charge in [0.2, 0.25) is 5.69 Å². The summed E-state index contributed by atoms with van der Waals surface area (Å²) < 4.78 is 3.56. The fraction of sp³-hybridized carbons (Fsp3) is 0.286. The molecule has 2 amide bonds. The van der Waals surface area contributed by atoms with Crippen molar-refractivity contribution in [3.8, 4) is 0 Å². The van der Waals surface area contributed by atoms with Crippen molar-refractivity contribution in [1.82, 2.24) is 14.5 Å². The summed E-state index contributed by atoms with van der Waals surface area (Å²) in [5.41, 5.74) is 0.902. The first kappa shape index (κ1) is 15.2. The highest BCUT2D eigenvalue weighted by Gasteiger charge is 2.24. The second-order valence-corrected chi connectivity index (χ2v) is 5.75. The predicted molar refractivity (Wildman–Crippen MR) is 86.1 cm³/mol. The maximum atomic E-state index is 12.2. The molecule has 9 heteroatoms. The number of amides is 2. The van der Waals surface area contributed by atoms with Crippen LogP contribution in [0.2, 0.25) is 0 Å². The molecule has 1 aromatic carbocycles. The van der Waals surface area contributed by atoms with Crippen LogP contribution in [0.15, 0.2) is 30.3 Å². The first-order valence-electron chi connectivity index (χ1n) is 7.06. The highest BCUT2D eigenvalue weighted by atomic mass is 32.1. The van der Waals surface area contributed by atoms with Gasteiger partial charge in [-0.3, -0.25) is 5.32 Å². The zero-order chi connectivity index (χ0) is 16.2. The molecule has 23 heavy (non-hydrogen) atoms. The Morgan fingerprint density at radius 2 is 1.83 bits per heavy atom. The standard InChI is InChI=1S/C14H15N5O3S/c20-13(21)11-12(23-17-16-11)15-14(22)19-8-6-18(7-9-19)10-4-2-1-3-5-10/h1-5H,6-9H2,(H,15,22)(H,20,21). The van der Waals surface area contributed by atoms with E-state index in [0.29, 0.717) is 13.1 Å². The van der Waals surface area contributed by atoms with Gasteiger partial charge in [0.05, 0.1) is 0 Å². The van der Waals surface area contributed by atoms with Gasteiger partial charge in [0, 0.05) is 43.4 Å². The van der Waals surface area contributed by atoms with E-state index < -0.39 is 5.97 Å². The molecule has 2 N–H and O–H groups in total. The van der Waals surface area contributed by atoms with Crippen LogP contribution >= 0.6 is 11.5 Å². The van der Waals surface area contributed by atoms with Crippen LogP contribution in [0.25, 0.3) is 0 Å². The number of para-hydroxylation sites is 1. The second-order valence-electron chi connectivity index (χ2n) is 5.00. The summed E-state index contributed by atoms with van der Waals surface area (Å²) in [6.45, 7) is 2.58. The number of hydrogen-bond donors (Lipinski definition) is 2. The lowest BCUT2D eigenvalue weighted by Gasteiger charge is -2.35. The van der Waals surface area contributed by atoms with Gasteiger partial charge >= 0.3 is 12.0 Å². The Bertz CT molecular complexity index is 697. The smallest absolute Gasteiger partial charge is 0.359 e. The predicted octanol–water partition coefficient (Wildman–Crippen LogP) is 1.59. The van der Waals surface area contributed by atoms with Gasteiger partial charge < -0.3 is 14.9 Å². The number of carbonyl (C=O) groups is 2. The van der Waals surface area contributed by atoms with E-state index in [1.54, 1.807) is 4.90 Å². The summed E-state index contributed by atoms with van der Waals surface area (Å²) in [5, 5.41) is 15.2. The first-order valence-corrected chi connectivity index (χ1v) is 7.84. The fourth-order valence-electron chi connectivity index (χ4n) is 2.40. The molecule has 2 aromatic rings. The Kier molecular flexibility index (Phi) is 4.38. The zero-order valence-electron chi connectivity index (χ0n) is 12.2. The van der Waals surface area contributed by atoms with E-state index in [-0.39, 0.29) is 16.7 Å². The van der Waals surface area contributed by atoms with E-state index in [1.165, 1.54) is 0 Å². The molecule has 3 rings (SSSR count). The summed E-state index contributed by atoms with van der Waals surface area (Å²) >= 11 is 0.857. The molecule has 0 unspecified atom stereocenters. The zero-order valence-corrected chi connectivity index (χ0v) is 13.0. The van der Waals surface area contributed by atoms with E-state index in [9.17, 15) is 9.59 Å². The van der Waals surface area contributed by atoms with Crippen molar-refractivity contribution in [3.05, 3.63) is 36.0 Å². The Morgan fingerprint density at radius 3 is 2.48 bits per heavy atom. The van der Waals surface area contributed by atoms with Crippen LogP contribution in [0.3, 0.4) is 0 Å². The van der Waals surface area contributed by atoms with Crippen LogP contribution in [-0.2, 0) is 0 Å². The first-order chi connectivity index (χ1) is 11.1. The molecular weight excluding hydrogens is 318 g/mol. The van der Waals surface area contributed by atoms with Gasteiger partial charge in [-0.25, -0.2) is 9.59 Å². The Hall–Kier alpha value is -2.68. The van der Waals surface area contributed by atoms with E-state index in [4.69, 9.17) is 5.11 Å². The van der Waals surface area contributed by atoms with Crippen LogP contribution < -0.4 is 10.2 Å². The summed E-state index contributed by atoms with van der Waals surface area (Å²) in [7, 11) is 0. The molecule has 0 radical (unpaired) electrons. The maximum Gasteiger partial charge on any atom is 0.359 e. The highest BCUT2D eigenvalue weighted by Crippen LogP contribution is 2.19. The topological polar surface area (TPSA) is 98.7 Å². The number of piperazine rings is 1. The number of rotatable bonds is 3. The summed E-state index contributed by atoms with van der Waals surface area (Å²) in [5.74, 6) is -1.21. The Balaban J connectivity index is 1.58. The van der Waals surface area contributed by atoms with E-state index in [1.807, 2.05) is 30.3 Å². The number of nitrogens with one attached hydrogen (secondary N) is 1. The number of urea groups is 1. The van der Waals surface area contributed by atoms with Gasteiger partial charge in [-0.1, -0.05) is 22.7 Å². The third-order valence-electron chi connectivity index (χ3n) is 3.60. The quantitative estimate of drug-likeness (QED) is 0.885. The van der Waals surface area contributed by atoms with Crippen molar-refractivity contribution >= 4 is 34.2 Å². The SMILES string of the molecule is O=C(O)c1nnsc1NC(=O)N1CCN(c2ccccc2)CC1. The lowest BCUT2D eigenvalue weighted by atomic mass is 10.2. The number of aromatic nitrogens is 2. The minimum atomic E-state index is -1.21. The van der Waals surface area contributed by atoms with Crippen LogP contribution in [0.1, 0.15) is 10.5 Å². The summed E-state index contributed by atoms with van der Waals surface area (Å²) in [6.07, 6.45) is 0. The molecule has 8 nitrogen and oxygen atoms in total. The Morgan fingerprint density at radius 1 is 1.13 bits per heavy atom. The summed E-state index contributed by atoms with van der Waals surface area (Å²) in [6, 6.07) is 9.69. The number of carbonyl (C=O) groups excluding carboxylic acids is 1. The number of anilines is 2. The minimum absolute atomic E-state index is 0.160. The molecule has 0 bridgehead atoms. The van der Waals surface area contributed by atoms with Crippen molar-refractivity contribution in [1.29, 1.82) is 0 Å². The molecule has 0 saturated carbocycles. The van der Waals surface area contributed by atoms with Crippen molar-refractivity contribution in [2.24, 2.45) is 0 Å². The third-order valence-corrected chi connectivity index (χ3v) is 4.24. The van der Waals surface area contributed by atoms with Gasteiger partial charge in [-0.2, -0.15) is 0 Å². The molecule has 1 aliphatic rings. The number of aromatic carboxylic acids is 1. The average Bonchev–Trinajstić information content (AvgIpc) is 3.04. The largest absolute Gasteiger partial charge is 0.476 e. The summed E-state index contributed by atoms with van der Waals surface area (Å²) in [4.78, 5) is 27.1. The highest BCUT2D eigenvalue weighted by molar-refractivity contribution is 7.10. The normalized spacial score (nSPS) is 14.6. The number of hydrogen-bond acceptors (Lipinski definition) is 6. The fourth-order valence-corrected chi connectivity index (χ4v) is 2.95. The van der Waals surface area contributed by atoms with Crippen LogP contribution in [-0.4, -0.2) is 57.8 Å². The molecule has 2 heterocycles. The lowest BCUT2D eigenvalue weighted by molar-refractivity contribution is 0.0691.